The molecule has 0 N–H and O–H groups in total. The number of hydrogen-bond donors (Lipinski definition) is 0. The molecule has 1 aliphatic rings. The zero-order chi connectivity index (χ0) is 16.4. The van der Waals surface area contributed by atoms with Gasteiger partial charge in [0.15, 0.2) is 5.82 Å². The summed E-state index contributed by atoms with van der Waals surface area (Å²) in [5.41, 5.74) is 1.25. The molecule has 1 aromatic heterocycles. The number of likely N-dealkylation sites (tertiary alicyclic amines) is 1. The van der Waals surface area contributed by atoms with Crippen LogP contribution in [0.5, 0.6) is 0 Å². The minimum Gasteiger partial charge on any atom is -0.341 e. The number of carbonyl (C=O) groups is 1. The van der Waals surface area contributed by atoms with Crippen LogP contribution in [0.3, 0.4) is 0 Å². The molecule has 1 fully saturated rings. The van der Waals surface area contributed by atoms with Crippen LogP contribution in [0.4, 0.5) is 0 Å². The van der Waals surface area contributed by atoms with Gasteiger partial charge in [-0.2, -0.15) is 4.98 Å². The van der Waals surface area contributed by atoms with Crippen molar-refractivity contribution in [2.24, 2.45) is 0 Å². The van der Waals surface area contributed by atoms with Gasteiger partial charge in [0.2, 0.25) is 11.8 Å². The molecule has 5 nitrogen and oxygen atoms in total. The number of carbonyl (C=O) groups excluding carboxylic acids is 1. The van der Waals surface area contributed by atoms with Crippen molar-refractivity contribution in [2.45, 2.75) is 44.9 Å². The predicted molar refractivity (Wildman–Crippen MR) is 87.2 cm³/mol. The Bertz CT molecular complexity index is 666. The van der Waals surface area contributed by atoms with Crippen molar-refractivity contribution in [3.8, 4) is 0 Å². The Labute approximate surface area is 136 Å². The second-order valence-electron chi connectivity index (χ2n) is 6.66. The maximum Gasteiger partial charge on any atom is 0.232 e. The molecular weight excluding hydrogens is 290 g/mol. The number of rotatable bonds is 5. The first-order valence-electron chi connectivity index (χ1n) is 8.20. The standard InChI is InChI=1S/C18H23N3O2/c1-12(2)17-19-18(23-20-17)15-9-16(22)21(11-15)10-13(3)14-7-5-4-6-8-14/h4-8,12-13,15H,9-11H2,1-3H3. The largest absolute Gasteiger partial charge is 0.341 e. The lowest BCUT2D eigenvalue weighted by Gasteiger charge is -2.21. The van der Waals surface area contributed by atoms with E-state index < -0.39 is 0 Å². The Balaban J connectivity index is 1.65. The van der Waals surface area contributed by atoms with E-state index in [2.05, 4.69) is 29.2 Å². The monoisotopic (exact) mass is 313 g/mol. The average molecular weight is 313 g/mol. The highest BCUT2D eigenvalue weighted by atomic mass is 16.5. The molecule has 1 saturated heterocycles. The summed E-state index contributed by atoms with van der Waals surface area (Å²) in [5.74, 6) is 2.04. The molecule has 5 heteroatoms. The van der Waals surface area contributed by atoms with Gasteiger partial charge in [0.05, 0.1) is 5.92 Å². The lowest BCUT2D eigenvalue weighted by molar-refractivity contribution is -0.127. The van der Waals surface area contributed by atoms with E-state index in [1.807, 2.05) is 36.9 Å². The van der Waals surface area contributed by atoms with E-state index in [1.165, 1.54) is 5.56 Å². The van der Waals surface area contributed by atoms with Crippen molar-refractivity contribution in [2.75, 3.05) is 13.1 Å². The molecule has 1 amide bonds. The first kappa shape index (κ1) is 15.7. The molecule has 2 unspecified atom stereocenters. The lowest BCUT2D eigenvalue weighted by Crippen LogP contribution is -2.29. The maximum absolute atomic E-state index is 12.3. The van der Waals surface area contributed by atoms with Gasteiger partial charge in [0.1, 0.15) is 0 Å². The van der Waals surface area contributed by atoms with E-state index in [1.54, 1.807) is 0 Å². The molecule has 0 spiro atoms. The minimum absolute atomic E-state index is 0.0190. The number of benzene rings is 1. The van der Waals surface area contributed by atoms with Gasteiger partial charge in [-0.15, -0.1) is 0 Å². The Morgan fingerprint density at radius 2 is 2.00 bits per heavy atom. The third-order valence-corrected chi connectivity index (χ3v) is 4.40. The number of amides is 1. The highest BCUT2D eigenvalue weighted by molar-refractivity contribution is 5.79. The van der Waals surface area contributed by atoms with Crippen LogP contribution in [0.25, 0.3) is 0 Å². The van der Waals surface area contributed by atoms with Crippen molar-refractivity contribution in [3.05, 3.63) is 47.6 Å². The molecule has 2 heterocycles. The summed E-state index contributed by atoms with van der Waals surface area (Å²) in [6.45, 7) is 7.60. The molecule has 0 radical (unpaired) electrons. The first-order valence-corrected chi connectivity index (χ1v) is 8.20. The Morgan fingerprint density at radius 1 is 1.26 bits per heavy atom. The van der Waals surface area contributed by atoms with Crippen LogP contribution in [0.15, 0.2) is 34.9 Å². The summed E-state index contributed by atoms with van der Waals surface area (Å²) in [4.78, 5) is 18.7. The third kappa shape index (κ3) is 3.44. The first-order chi connectivity index (χ1) is 11.0. The fourth-order valence-electron chi connectivity index (χ4n) is 2.98. The van der Waals surface area contributed by atoms with Gasteiger partial charge in [0.25, 0.3) is 0 Å². The third-order valence-electron chi connectivity index (χ3n) is 4.40. The predicted octanol–water partition coefficient (Wildman–Crippen LogP) is 3.31. The molecule has 122 valence electrons. The summed E-state index contributed by atoms with van der Waals surface area (Å²) >= 11 is 0. The van der Waals surface area contributed by atoms with Crippen molar-refractivity contribution in [1.29, 1.82) is 0 Å². The molecule has 2 aromatic rings. The number of aromatic nitrogens is 2. The highest BCUT2D eigenvalue weighted by Crippen LogP contribution is 2.29. The van der Waals surface area contributed by atoms with Crippen LogP contribution in [0, 0.1) is 0 Å². The zero-order valence-corrected chi connectivity index (χ0v) is 13.9. The van der Waals surface area contributed by atoms with Gasteiger partial charge in [-0.3, -0.25) is 4.79 Å². The molecule has 0 bridgehead atoms. The fraction of sp³-hybridized carbons (Fsp3) is 0.500. The summed E-state index contributed by atoms with van der Waals surface area (Å²) in [5, 5.41) is 4.00. The Hall–Kier alpha value is -2.17. The number of nitrogens with zero attached hydrogens (tertiary/aromatic N) is 3. The summed E-state index contributed by atoms with van der Waals surface area (Å²) in [7, 11) is 0. The average Bonchev–Trinajstić information content (AvgIpc) is 3.16. The smallest absolute Gasteiger partial charge is 0.232 e. The van der Waals surface area contributed by atoms with Gasteiger partial charge in [-0.25, -0.2) is 0 Å². The van der Waals surface area contributed by atoms with Crippen LogP contribution in [0.2, 0.25) is 0 Å². The molecule has 0 saturated carbocycles. The molecule has 23 heavy (non-hydrogen) atoms. The quantitative estimate of drug-likeness (QED) is 0.849. The van der Waals surface area contributed by atoms with Crippen molar-refractivity contribution in [3.63, 3.8) is 0 Å². The van der Waals surface area contributed by atoms with Crippen LogP contribution in [-0.4, -0.2) is 34.0 Å². The Morgan fingerprint density at radius 3 is 2.65 bits per heavy atom. The second-order valence-corrected chi connectivity index (χ2v) is 6.66. The van der Waals surface area contributed by atoms with Crippen molar-refractivity contribution < 1.29 is 9.32 Å². The molecule has 1 aliphatic heterocycles. The molecule has 1 aromatic carbocycles. The van der Waals surface area contributed by atoms with Crippen molar-refractivity contribution in [1.82, 2.24) is 15.0 Å². The summed E-state index contributed by atoms with van der Waals surface area (Å²) < 4.78 is 5.36. The van der Waals surface area contributed by atoms with E-state index in [0.29, 0.717) is 30.6 Å². The fourth-order valence-corrected chi connectivity index (χ4v) is 2.98. The second kappa shape index (κ2) is 6.52. The number of hydrogen-bond acceptors (Lipinski definition) is 4. The van der Waals surface area contributed by atoms with Crippen LogP contribution in [0.1, 0.15) is 62.2 Å². The Kier molecular flexibility index (Phi) is 4.46. The highest BCUT2D eigenvalue weighted by Gasteiger charge is 2.35. The zero-order valence-electron chi connectivity index (χ0n) is 13.9. The summed E-state index contributed by atoms with van der Waals surface area (Å²) in [6, 6.07) is 10.3. The maximum atomic E-state index is 12.3. The van der Waals surface area contributed by atoms with E-state index >= 15 is 0 Å². The topological polar surface area (TPSA) is 59.2 Å². The van der Waals surface area contributed by atoms with Crippen LogP contribution in [-0.2, 0) is 4.79 Å². The lowest BCUT2D eigenvalue weighted by atomic mass is 10.0. The molecular formula is C18H23N3O2. The van der Waals surface area contributed by atoms with E-state index in [-0.39, 0.29) is 17.7 Å². The van der Waals surface area contributed by atoms with Gasteiger partial charge in [0, 0.05) is 25.4 Å². The van der Waals surface area contributed by atoms with E-state index in [0.717, 1.165) is 6.54 Å². The SMILES string of the molecule is CC(C)c1noc(C2CC(=O)N(CC(C)c3ccccc3)C2)n1. The van der Waals surface area contributed by atoms with Crippen molar-refractivity contribution >= 4 is 5.91 Å². The molecule has 0 aliphatic carbocycles. The van der Waals surface area contributed by atoms with E-state index in [9.17, 15) is 4.79 Å². The van der Waals surface area contributed by atoms with Gasteiger partial charge in [-0.05, 0) is 11.5 Å². The van der Waals surface area contributed by atoms with Gasteiger partial charge >= 0.3 is 0 Å². The van der Waals surface area contributed by atoms with Gasteiger partial charge in [-0.1, -0.05) is 56.3 Å². The van der Waals surface area contributed by atoms with E-state index in [4.69, 9.17) is 4.52 Å². The van der Waals surface area contributed by atoms with Gasteiger partial charge < -0.3 is 9.42 Å². The normalized spacial score (nSPS) is 19.6. The summed E-state index contributed by atoms with van der Waals surface area (Å²) in [6.07, 6.45) is 0.460. The molecule has 3 rings (SSSR count). The minimum atomic E-state index is 0.0190. The van der Waals surface area contributed by atoms with Crippen LogP contribution >= 0.6 is 0 Å². The van der Waals surface area contributed by atoms with Crippen LogP contribution < -0.4 is 0 Å². The molecule has 2 atom stereocenters.